The Morgan fingerprint density at radius 1 is 0.426 bits per heavy atom. The van der Waals surface area contributed by atoms with Gasteiger partial charge < -0.3 is 5.11 Å². The van der Waals surface area contributed by atoms with E-state index in [-0.39, 0.29) is 5.56 Å². The summed E-state index contributed by atoms with van der Waals surface area (Å²) in [6, 6.07) is 33.1. The monoisotopic (exact) mass is 618 g/mol. The van der Waals surface area contributed by atoms with Gasteiger partial charge in [0, 0.05) is 39.3 Å². The number of aromatic carboxylic acids is 1. The highest BCUT2D eigenvalue weighted by molar-refractivity contribution is 5.89. The number of aromatic nitrogens is 6. The van der Waals surface area contributed by atoms with Crippen molar-refractivity contribution in [1.82, 2.24) is 39.7 Å². The normalized spacial score (nSPS) is 17.0. The molecule has 0 saturated heterocycles. The van der Waals surface area contributed by atoms with Gasteiger partial charge in [0.25, 0.3) is 0 Å². The Morgan fingerprint density at radius 3 is 1.06 bits per heavy atom. The second-order valence-corrected chi connectivity index (χ2v) is 11.9. The third kappa shape index (κ3) is 6.37. The van der Waals surface area contributed by atoms with Gasteiger partial charge in [0.2, 0.25) is 0 Å². The molecule has 0 fully saturated rings. The summed E-state index contributed by atoms with van der Waals surface area (Å²) in [5.41, 5.74) is 9.42. The zero-order valence-corrected chi connectivity index (χ0v) is 25.5. The minimum Gasteiger partial charge on any atom is -0.478 e. The quantitative estimate of drug-likeness (QED) is 0.242. The molecule has 0 saturated carbocycles. The molecule has 10 nitrogen and oxygen atoms in total. The maximum absolute atomic E-state index is 12.3. The van der Waals surface area contributed by atoms with Gasteiger partial charge >= 0.3 is 5.97 Å². The molecule has 0 radical (unpaired) electrons. The summed E-state index contributed by atoms with van der Waals surface area (Å²) >= 11 is 0. The first-order chi connectivity index (χ1) is 23.0. The highest BCUT2D eigenvalue weighted by Crippen LogP contribution is 2.25. The SMILES string of the molecule is O=C(O)c1cc2nc(c1)-c1cccc(n1)CN1Cc3cccc(n3)-c3cccc(n3)CN(Cc3cccc(n3)-c3cccc(n3)C1)C2. The Hall–Kier alpha value is -5.71. The van der Waals surface area contributed by atoms with E-state index in [2.05, 4.69) is 9.80 Å². The highest BCUT2D eigenvalue weighted by atomic mass is 16.4. The Labute approximate surface area is 271 Å². The third-order valence-corrected chi connectivity index (χ3v) is 8.26. The molecule has 0 aliphatic carbocycles. The molecule has 9 heterocycles. The first kappa shape index (κ1) is 28.7. The van der Waals surface area contributed by atoms with Crippen LogP contribution in [0.2, 0.25) is 0 Å². The van der Waals surface area contributed by atoms with Crippen LogP contribution in [0, 0.1) is 0 Å². The van der Waals surface area contributed by atoms with E-state index in [0.717, 1.165) is 51.2 Å². The fourth-order valence-corrected chi connectivity index (χ4v) is 6.18. The van der Waals surface area contributed by atoms with Crippen molar-refractivity contribution in [1.29, 1.82) is 0 Å². The molecule has 0 aromatic carbocycles. The Bertz CT molecular complexity index is 2040. The fraction of sp³-hybridized carbons (Fsp3) is 0.162. The van der Waals surface area contributed by atoms with Gasteiger partial charge in [-0.1, -0.05) is 30.3 Å². The van der Waals surface area contributed by atoms with Gasteiger partial charge in [-0.3, -0.25) is 9.80 Å². The molecule has 0 amide bonds. The molecule has 0 spiro atoms. The van der Waals surface area contributed by atoms with Crippen molar-refractivity contribution in [2.24, 2.45) is 0 Å². The minimum absolute atomic E-state index is 0.164. The van der Waals surface area contributed by atoms with Gasteiger partial charge in [-0.15, -0.1) is 0 Å². The molecule has 0 atom stereocenters. The summed E-state index contributed by atoms with van der Waals surface area (Å²) in [6.07, 6.45) is 0. The molecule has 3 aliphatic rings. The van der Waals surface area contributed by atoms with Gasteiger partial charge in [0.1, 0.15) is 0 Å². The third-order valence-electron chi connectivity index (χ3n) is 8.26. The predicted octanol–water partition coefficient (Wildman–Crippen LogP) is 5.79. The van der Waals surface area contributed by atoms with Gasteiger partial charge in [-0.05, 0) is 72.8 Å². The summed E-state index contributed by atoms with van der Waals surface area (Å²) in [4.78, 5) is 46.8. The molecule has 9 rings (SSSR count). The van der Waals surface area contributed by atoms with Crippen LogP contribution in [-0.4, -0.2) is 50.8 Å². The van der Waals surface area contributed by atoms with E-state index in [9.17, 15) is 9.90 Å². The largest absolute Gasteiger partial charge is 0.478 e. The molecule has 230 valence electrons. The number of carboxylic acids is 1. The van der Waals surface area contributed by atoms with E-state index in [1.165, 1.54) is 0 Å². The van der Waals surface area contributed by atoms with E-state index in [1.54, 1.807) is 12.1 Å². The van der Waals surface area contributed by atoms with Gasteiger partial charge in [0.15, 0.2) is 0 Å². The molecular formula is C37H30N8O2. The molecule has 47 heavy (non-hydrogen) atoms. The van der Waals surface area contributed by atoms with Crippen molar-refractivity contribution in [3.05, 3.63) is 143 Å². The van der Waals surface area contributed by atoms with Gasteiger partial charge in [-0.2, -0.15) is 0 Å². The summed E-state index contributed by atoms with van der Waals surface area (Å²) in [7, 11) is 0. The summed E-state index contributed by atoms with van der Waals surface area (Å²) < 4.78 is 0. The minimum atomic E-state index is -1.01. The Morgan fingerprint density at radius 2 is 0.723 bits per heavy atom. The van der Waals surface area contributed by atoms with E-state index in [4.69, 9.17) is 29.9 Å². The Balaban J connectivity index is 1.36. The number of hydrogen-bond acceptors (Lipinski definition) is 9. The molecule has 14 bridgehead atoms. The van der Waals surface area contributed by atoms with E-state index >= 15 is 0 Å². The fourth-order valence-electron chi connectivity index (χ4n) is 6.18. The smallest absolute Gasteiger partial charge is 0.335 e. The van der Waals surface area contributed by atoms with Crippen LogP contribution in [0.4, 0.5) is 0 Å². The van der Waals surface area contributed by atoms with Crippen LogP contribution in [0.15, 0.2) is 103 Å². The van der Waals surface area contributed by atoms with Crippen molar-refractivity contribution in [2.45, 2.75) is 39.3 Å². The molecule has 10 heteroatoms. The molecule has 1 N–H and O–H groups in total. The van der Waals surface area contributed by atoms with Gasteiger partial charge in [-0.25, -0.2) is 34.7 Å². The van der Waals surface area contributed by atoms with Crippen molar-refractivity contribution >= 4 is 5.97 Å². The lowest BCUT2D eigenvalue weighted by atomic mass is 10.1. The highest BCUT2D eigenvalue weighted by Gasteiger charge is 2.19. The van der Waals surface area contributed by atoms with Crippen LogP contribution >= 0.6 is 0 Å². The number of pyridine rings is 6. The van der Waals surface area contributed by atoms with Gasteiger partial charge in [0.05, 0.1) is 73.9 Å². The van der Waals surface area contributed by atoms with Crippen molar-refractivity contribution in [3.63, 3.8) is 0 Å². The zero-order valence-electron chi connectivity index (χ0n) is 25.5. The molecule has 0 unspecified atom stereocenters. The zero-order chi connectivity index (χ0) is 31.7. The van der Waals surface area contributed by atoms with Crippen molar-refractivity contribution in [2.75, 3.05) is 0 Å². The average molecular weight is 619 g/mol. The van der Waals surface area contributed by atoms with Crippen molar-refractivity contribution in [3.8, 4) is 34.2 Å². The standard InChI is InChI=1S/C37H30N8O2/c46-37(47)24-16-30-23-45-21-27-8-3-13-33(40-27)31-11-1-6-25(38-31)18-44(20-29-10-5-15-35(42-29)36(17-24)43-30)19-26-7-2-12-32(39-26)34-14-4-9-28(22-45)41-34/h1-17H,18-23H2,(H,46,47). The van der Waals surface area contributed by atoms with Crippen LogP contribution in [0.25, 0.3) is 34.2 Å². The first-order valence-electron chi connectivity index (χ1n) is 15.5. The lowest BCUT2D eigenvalue weighted by molar-refractivity contribution is 0.0696. The average Bonchev–Trinajstić information content (AvgIpc) is 3.08. The topological polar surface area (TPSA) is 121 Å². The van der Waals surface area contributed by atoms with Crippen LogP contribution in [0.5, 0.6) is 0 Å². The second-order valence-electron chi connectivity index (χ2n) is 11.9. The summed E-state index contributed by atoms with van der Waals surface area (Å²) in [6.45, 7) is 2.91. The predicted molar refractivity (Wildman–Crippen MR) is 175 cm³/mol. The molecular weight excluding hydrogens is 588 g/mol. The number of nitrogens with zero attached hydrogens (tertiary/aromatic N) is 8. The lowest BCUT2D eigenvalue weighted by Crippen LogP contribution is -2.25. The number of carboxylic acid groups (broad SMARTS) is 1. The van der Waals surface area contributed by atoms with Crippen LogP contribution in [0.1, 0.15) is 44.5 Å². The van der Waals surface area contributed by atoms with Crippen LogP contribution in [0.3, 0.4) is 0 Å². The Kier molecular flexibility index (Phi) is 7.48. The number of carbonyl (C=O) groups is 1. The molecule has 6 aromatic heterocycles. The number of hydrogen-bond donors (Lipinski definition) is 1. The van der Waals surface area contributed by atoms with Crippen LogP contribution < -0.4 is 0 Å². The van der Waals surface area contributed by atoms with E-state index in [0.29, 0.717) is 56.4 Å². The maximum atomic E-state index is 12.3. The molecule has 6 aromatic rings. The van der Waals surface area contributed by atoms with E-state index in [1.807, 2.05) is 91.0 Å². The number of rotatable bonds is 1. The maximum Gasteiger partial charge on any atom is 0.335 e. The lowest BCUT2D eigenvalue weighted by Gasteiger charge is -2.24. The second kappa shape index (κ2) is 12.2. The van der Waals surface area contributed by atoms with E-state index < -0.39 is 5.97 Å². The first-order valence-corrected chi connectivity index (χ1v) is 15.5. The van der Waals surface area contributed by atoms with Crippen LogP contribution in [-0.2, 0) is 39.3 Å². The molecule has 3 aliphatic heterocycles. The summed E-state index contributed by atoms with van der Waals surface area (Å²) in [5.74, 6) is -1.01. The summed E-state index contributed by atoms with van der Waals surface area (Å²) in [5, 5.41) is 10.1. The van der Waals surface area contributed by atoms with Crippen molar-refractivity contribution < 1.29 is 9.90 Å².